The van der Waals surface area contributed by atoms with Gasteiger partial charge in [-0.15, -0.1) is 0 Å². The number of carbonyl (C=O) groups excluding carboxylic acids is 2. The summed E-state index contributed by atoms with van der Waals surface area (Å²) in [5, 5.41) is 10.1. The molecule has 5 rings (SSSR count). The smallest absolute Gasteiger partial charge is 0.321 e. The number of amides is 3. The van der Waals surface area contributed by atoms with Crippen molar-refractivity contribution in [1.29, 1.82) is 0 Å². The number of nitrogens with two attached hydrogens (primary N) is 1. The number of hydrogen-bond donors (Lipinski definition) is 3. The number of anilines is 2. The fourth-order valence-electron chi connectivity index (χ4n) is 4.32. The Bertz CT molecular complexity index is 1400. The number of pyridine rings is 1. The van der Waals surface area contributed by atoms with Gasteiger partial charge in [0.05, 0.1) is 11.8 Å². The quantitative estimate of drug-likeness (QED) is 0.401. The maximum atomic E-state index is 13.0. The number of hydrogen-bond acceptors (Lipinski definition) is 5. The molecule has 0 saturated carbocycles. The molecule has 0 unspecified atom stereocenters. The Morgan fingerprint density at radius 3 is 2.56 bits per heavy atom. The van der Waals surface area contributed by atoms with Crippen LogP contribution in [-0.4, -0.2) is 50.7 Å². The van der Waals surface area contributed by atoms with E-state index in [2.05, 4.69) is 20.7 Å². The van der Waals surface area contributed by atoms with E-state index in [0.717, 1.165) is 27.9 Å². The lowest BCUT2D eigenvalue weighted by Gasteiger charge is -2.18. The normalized spacial score (nSPS) is 15.0. The van der Waals surface area contributed by atoms with Gasteiger partial charge in [-0.1, -0.05) is 42.5 Å². The third kappa shape index (κ3) is 5.05. The Balaban J connectivity index is 1.21. The zero-order valence-electron chi connectivity index (χ0n) is 19.9. The molecule has 4 aromatic rings. The lowest BCUT2D eigenvalue weighted by molar-refractivity contribution is 0.0938. The summed E-state index contributed by atoms with van der Waals surface area (Å²) in [6, 6.07) is 19.1. The van der Waals surface area contributed by atoms with Gasteiger partial charge in [0.25, 0.3) is 5.91 Å². The van der Waals surface area contributed by atoms with Crippen molar-refractivity contribution >= 4 is 23.4 Å². The zero-order valence-corrected chi connectivity index (χ0v) is 19.9. The van der Waals surface area contributed by atoms with Crippen molar-refractivity contribution < 1.29 is 9.59 Å². The van der Waals surface area contributed by atoms with E-state index in [1.807, 2.05) is 67.8 Å². The average molecular weight is 482 g/mol. The summed E-state index contributed by atoms with van der Waals surface area (Å²) >= 11 is 0. The molecule has 1 aliphatic rings. The second kappa shape index (κ2) is 9.91. The molecular formula is C27H27N7O2. The largest absolute Gasteiger partial charge is 0.383 e. The molecule has 1 atom stereocenters. The van der Waals surface area contributed by atoms with Gasteiger partial charge in [0.1, 0.15) is 5.82 Å². The van der Waals surface area contributed by atoms with E-state index in [1.54, 1.807) is 28.0 Å². The van der Waals surface area contributed by atoms with Crippen molar-refractivity contribution in [3.63, 3.8) is 0 Å². The molecule has 0 spiro atoms. The van der Waals surface area contributed by atoms with Gasteiger partial charge in [0.2, 0.25) is 0 Å². The van der Waals surface area contributed by atoms with Crippen molar-refractivity contribution in [3.8, 4) is 22.3 Å². The molecular weight excluding hydrogens is 454 g/mol. The van der Waals surface area contributed by atoms with Crippen LogP contribution in [0.25, 0.3) is 22.3 Å². The second-order valence-electron chi connectivity index (χ2n) is 8.84. The first-order valence-corrected chi connectivity index (χ1v) is 11.7. The Morgan fingerprint density at radius 2 is 1.78 bits per heavy atom. The first kappa shape index (κ1) is 23.1. The molecule has 0 radical (unpaired) electrons. The Kier molecular flexibility index (Phi) is 6.36. The average Bonchev–Trinajstić information content (AvgIpc) is 3.54. The Morgan fingerprint density at radius 1 is 0.972 bits per heavy atom. The fraction of sp³-hybridized carbons (Fsp3) is 0.185. The highest BCUT2D eigenvalue weighted by Gasteiger charge is 2.28. The summed E-state index contributed by atoms with van der Waals surface area (Å²) in [7, 11) is 1.82. The summed E-state index contributed by atoms with van der Waals surface area (Å²) in [5.41, 5.74) is 10.7. The molecule has 3 amide bonds. The van der Waals surface area contributed by atoms with Crippen LogP contribution in [0.15, 0.2) is 79.3 Å². The van der Waals surface area contributed by atoms with Crippen molar-refractivity contribution in [2.24, 2.45) is 7.05 Å². The Labute approximate surface area is 209 Å². The van der Waals surface area contributed by atoms with E-state index in [4.69, 9.17) is 5.73 Å². The minimum Gasteiger partial charge on any atom is -0.383 e. The highest BCUT2D eigenvalue weighted by molar-refractivity contribution is 5.99. The molecule has 2 aromatic heterocycles. The van der Waals surface area contributed by atoms with Crippen molar-refractivity contribution in [2.75, 3.05) is 24.1 Å². The van der Waals surface area contributed by atoms with E-state index in [-0.39, 0.29) is 23.8 Å². The van der Waals surface area contributed by atoms with Gasteiger partial charge >= 0.3 is 6.03 Å². The highest BCUT2D eigenvalue weighted by Crippen LogP contribution is 2.24. The zero-order chi connectivity index (χ0) is 25.1. The molecule has 9 nitrogen and oxygen atoms in total. The highest BCUT2D eigenvalue weighted by atomic mass is 16.2. The summed E-state index contributed by atoms with van der Waals surface area (Å²) in [6.07, 6.45) is 5.83. The van der Waals surface area contributed by atoms with E-state index >= 15 is 0 Å². The summed E-state index contributed by atoms with van der Waals surface area (Å²) in [5.74, 6) is -0.153. The first-order valence-electron chi connectivity index (χ1n) is 11.7. The van der Waals surface area contributed by atoms with Gasteiger partial charge in [0, 0.05) is 55.4 Å². The van der Waals surface area contributed by atoms with Crippen LogP contribution in [0.5, 0.6) is 0 Å². The number of benzene rings is 2. The van der Waals surface area contributed by atoms with Crippen LogP contribution >= 0.6 is 0 Å². The molecule has 36 heavy (non-hydrogen) atoms. The molecule has 9 heteroatoms. The van der Waals surface area contributed by atoms with Crippen LogP contribution in [0.1, 0.15) is 16.8 Å². The predicted molar refractivity (Wildman–Crippen MR) is 139 cm³/mol. The molecule has 1 fully saturated rings. The van der Waals surface area contributed by atoms with Gasteiger partial charge < -0.3 is 21.3 Å². The second-order valence-corrected chi connectivity index (χ2v) is 8.84. The minimum atomic E-state index is -0.312. The van der Waals surface area contributed by atoms with Crippen LogP contribution in [-0.2, 0) is 7.05 Å². The van der Waals surface area contributed by atoms with Crippen molar-refractivity contribution in [3.05, 3.63) is 84.8 Å². The molecule has 0 aliphatic carbocycles. The van der Waals surface area contributed by atoms with E-state index in [1.165, 1.54) is 0 Å². The number of nitrogen functional groups attached to an aromatic ring is 1. The van der Waals surface area contributed by atoms with Gasteiger partial charge in [-0.3, -0.25) is 9.48 Å². The topological polar surface area (TPSA) is 118 Å². The maximum absolute atomic E-state index is 13.0. The van der Waals surface area contributed by atoms with E-state index in [0.29, 0.717) is 25.1 Å². The molecule has 2 aromatic carbocycles. The Hall–Kier alpha value is -4.66. The monoisotopic (exact) mass is 481 g/mol. The number of nitrogens with zero attached hydrogens (tertiary/aromatic N) is 4. The van der Waals surface area contributed by atoms with Gasteiger partial charge in [0.15, 0.2) is 0 Å². The summed E-state index contributed by atoms with van der Waals surface area (Å²) in [6.45, 7) is 0.949. The number of nitrogens with one attached hydrogen (secondary N) is 2. The predicted octanol–water partition coefficient (Wildman–Crippen LogP) is 3.77. The summed E-state index contributed by atoms with van der Waals surface area (Å²) < 4.78 is 1.68. The lowest BCUT2D eigenvalue weighted by Crippen LogP contribution is -2.40. The van der Waals surface area contributed by atoms with Crippen molar-refractivity contribution in [2.45, 2.75) is 12.5 Å². The van der Waals surface area contributed by atoms with E-state index < -0.39 is 0 Å². The SMILES string of the molecule is Cn1cc(-c2cnc(N)c(C(=O)N[C@@H]3CCN(C(=O)Nc4cccc(-c5ccccc5)c4)C3)c2)cn1. The number of aromatic nitrogens is 3. The van der Waals surface area contributed by atoms with Crippen LogP contribution in [0, 0.1) is 0 Å². The van der Waals surface area contributed by atoms with Gasteiger partial charge in [-0.25, -0.2) is 9.78 Å². The molecule has 0 bridgehead atoms. The van der Waals surface area contributed by atoms with Crippen LogP contribution in [0.2, 0.25) is 0 Å². The lowest BCUT2D eigenvalue weighted by atomic mass is 10.1. The molecule has 1 aliphatic heterocycles. The first-order chi connectivity index (χ1) is 17.5. The maximum Gasteiger partial charge on any atom is 0.321 e. The fourth-order valence-corrected chi connectivity index (χ4v) is 4.32. The molecule has 3 heterocycles. The van der Waals surface area contributed by atoms with Crippen LogP contribution in [0.4, 0.5) is 16.3 Å². The van der Waals surface area contributed by atoms with Crippen LogP contribution < -0.4 is 16.4 Å². The number of carbonyl (C=O) groups is 2. The molecule has 4 N–H and O–H groups in total. The van der Waals surface area contributed by atoms with Crippen molar-refractivity contribution in [1.82, 2.24) is 25.0 Å². The number of aryl methyl sites for hydroxylation is 1. The van der Waals surface area contributed by atoms with Crippen LogP contribution in [0.3, 0.4) is 0 Å². The molecule has 182 valence electrons. The third-order valence-electron chi connectivity index (χ3n) is 6.23. The molecule has 1 saturated heterocycles. The standard InChI is InChI=1S/C27H27N7O2/c1-33-16-21(15-30-33)20-13-24(25(28)29-14-20)26(35)31-23-10-11-34(17-23)27(36)32-22-9-5-8-19(12-22)18-6-3-2-4-7-18/h2-9,12-16,23H,10-11,17H2,1H3,(H2,28,29)(H,31,35)(H,32,36)/t23-/m1/s1. The number of likely N-dealkylation sites (tertiary alicyclic amines) is 1. The van der Waals surface area contributed by atoms with Gasteiger partial charge in [-0.05, 0) is 35.7 Å². The summed E-state index contributed by atoms with van der Waals surface area (Å²) in [4.78, 5) is 31.8. The van der Waals surface area contributed by atoms with Gasteiger partial charge in [-0.2, -0.15) is 5.10 Å². The number of rotatable bonds is 5. The third-order valence-corrected chi connectivity index (χ3v) is 6.23. The number of urea groups is 1. The van der Waals surface area contributed by atoms with E-state index in [9.17, 15) is 9.59 Å². The minimum absolute atomic E-state index is 0.158.